The summed E-state index contributed by atoms with van der Waals surface area (Å²) < 4.78 is 11.4. The Hall–Kier alpha value is -1.86. The summed E-state index contributed by atoms with van der Waals surface area (Å²) in [7, 11) is 1.59. The van der Waals surface area contributed by atoms with E-state index < -0.39 is 5.60 Å². The second-order valence-electron chi connectivity index (χ2n) is 6.59. The number of amides is 1. The number of halogens is 2. The molecule has 0 spiro atoms. The normalized spacial score (nSPS) is 15.0. The molecule has 1 aliphatic heterocycles. The summed E-state index contributed by atoms with van der Waals surface area (Å²) >= 11 is 0. The second-order valence-corrected chi connectivity index (χ2v) is 6.59. The van der Waals surface area contributed by atoms with Crippen molar-refractivity contribution >= 4 is 36.4 Å². The molecule has 2 heterocycles. The van der Waals surface area contributed by atoms with Crippen LogP contribution in [0.5, 0.6) is 11.6 Å². The van der Waals surface area contributed by atoms with E-state index in [4.69, 9.17) is 9.47 Å². The number of hydrogen-bond acceptors (Lipinski definition) is 5. The Morgan fingerprint density at radius 1 is 1.14 bits per heavy atom. The molecule has 1 aliphatic rings. The lowest BCUT2D eigenvalue weighted by atomic mass is 9.91. The number of pyridine rings is 1. The van der Waals surface area contributed by atoms with Crippen LogP contribution >= 0.6 is 24.8 Å². The Morgan fingerprint density at radius 3 is 2.46 bits per heavy atom. The number of nitrogens with one attached hydrogen (secondary N) is 2. The van der Waals surface area contributed by atoms with Crippen LogP contribution in [0.3, 0.4) is 0 Å². The maximum Gasteiger partial charge on any atom is 0.256 e. The number of carbonyl (C=O) groups is 1. The highest BCUT2D eigenvalue weighted by molar-refractivity contribution is 5.97. The summed E-state index contributed by atoms with van der Waals surface area (Å²) in [5.74, 6) is 1.13. The van der Waals surface area contributed by atoms with Crippen LogP contribution in [-0.2, 0) is 9.53 Å². The van der Waals surface area contributed by atoms with Crippen molar-refractivity contribution in [1.82, 2.24) is 10.3 Å². The van der Waals surface area contributed by atoms with Crippen LogP contribution in [0.4, 0.5) is 5.69 Å². The Balaban J connectivity index is 0.00000196. The lowest BCUT2D eigenvalue weighted by Gasteiger charge is -2.34. The van der Waals surface area contributed by atoms with Gasteiger partial charge >= 0.3 is 0 Å². The standard InChI is InChI=1S/C20H25N3O3.2ClH/c1-14-5-4-6-17(15(14)2)26-18-8-7-16(13-22-18)23-19(24)20(25-3)9-11-21-12-10-20;;/h4-8,13,21H,9-12H2,1-3H3,(H,23,24);2*1H. The predicted octanol–water partition coefficient (Wildman–Crippen LogP) is 4.04. The molecule has 154 valence electrons. The fraction of sp³-hybridized carbons (Fsp3) is 0.400. The molecule has 6 nitrogen and oxygen atoms in total. The number of rotatable bonds is 5. The zero-order chi connectivity index (χ0) is 18.6. The molecule has 1 fully saturated rings. The van der Waals surface area contributed by atoms with Crippen LogP contribution in [0, 0.1) is 13.8 Å². The number of nitrogens with zero attached hydrogens (tertiary/aromatic N) is 1. The van der Waals surface area contributed by atoms with E-state index in [1.54, 1.807) is 25.4 Å². The minimum atomic E-state index is -0.779. The van der Waals surface area contributed by atoms with Crippen molar-refractivity contribution in [2.24, 2.45) is 0 Å². The van der Waals surface area contributed by atoms with Gasteiger partial charge in [0.25, 0.3) is 5.91 Å². The van der Waals surface area contributed by atoms with E-state index in [9.17, 15) is 4.79 Å². The molecule has 0 aliphatic carbocycles. The molecule has 3 rings (SSSR count). The van der Waals surface area contributed by atoms with Crippen molar-refractivity contribution in [3.63, 3.8) is 0 Å². The van der Waals surface area contributed by atoms with E-state index in [0.717, 1.165) is 24.4 Å². The Kier molecular flexibility index (Phi) is 9.17. The topological polar surface area (TPSA) is 72.5 Å². The monoisotopic (exact) mass is 427 g/mol. The number of methoxy groups -OCH3 is 1. The lowest BCUT2D eigenvalue weighted by Crippen LogP contribution is -2.51. The zero-order valence-electron chi connectivity index (χ0n) is 16.3. The molecule has 0 saturated carbocycles. The van der Waals surface area contributed by atoms with Crippen LogP contribution in [0.1, 0.15) is 24.0 Å². The van der Waals surface area contributed by atoms with Crippen molar-refractivity contribution in [2.45, 2.75) is 32.3 Å². The van der Waals surface area contributed by atoms with E-state index in [-0.39, 0.29) is 30.7 Å². The van der Waals surface area contributed by atoms with Gasteiger partial charge in [0.15, 0.2) is 0 Å². The van der Waals surface area contributed by atoms with E-state index in [1.165, 1.54) is 5.56 Å². The molecule has 0 radical (unpaired) electrons. The van der Waals surface area contributed by atoms with Crippen molar-refractivity contribution < 1.29 is 14.3 Å². The maximum absolute atomic E-state index is 12.7. The summed E-state index contributed by atoms with van der Waals surface area (Å²) in [6.45, 7) is 5.59. The van der Waals surface area contributed by atoms with E-state index in [0.29, 0.717) is 24.4 Å². The van der Waals surface area contributed by atoms with Crippen LogP contribution < -0.4 is 15.4 Å². The largest absolute Gasteiger partial charge is 0.439 e. The fourth-order valence-corrected chi connectivity index (χ4v) is 3.06. The first-order chi connectivity index (χ1) is 12.5. The van der Waals surface area contributed by atoms with E-state index in [1.807, 2.05) is 32.0 Å². The second kappa shape index (κ2) is 10.6. The summed E-state index contributed by atoms with van der Waals surface area (Å²) in [4.78, 5) is 17.0. The van der Waals surface area contributed by atoms with Crippen molar-refractivity contribution in [3.8, 4) is 11.6 Å². The van der Waals surface area contributed by atoms with Crippen LogP contribution in [0.2, 0.25) is 0 Å². The quantitative estimate of drug-likeness (QED) is 0.752. The number of piperidine rings is 1. The molecule has 1 amide bonds. The Morgan fingerprint density at radius 2 is 1.86 bits per heavy atom. The maximum atomic E-state index is 12.7. The van der Waals surface area contributed by atoms with Crippen molar-refractivity contribution in [3.05, 3.63) is 47.7 Å². The zero-order valence-corrected chi connectivity index (χ0v) is 17.9. The smallest absolute Gasteiger partial charge is 0.256 e. The molecular formula is C20H27Cl2N3O3. The molecule has 0 bridgehead atoms. The highest BCUT2D eigenvalue weighted by atomic mass is 35.5. The molecule has 2 aromatic rings. The Labute approximate surface area is 178 Å². The molecule has 28 heavy (non-hydrogen) atoms. The van der Waals surface area contributed by atoms with Gasteiger partial charge in [-0.3, -0.25) is 4.79 Å². The van der Waals surface area contributed by atoms with Gasteiger partial charge < -0.3 is 20.1 Å². The minimum absolute atomic E-state index is 0. The molecule has 8 heteroatoms. The third-order valence-corrected chi connectivity index (χ3v) is 4.98. The van der Waals surface area contributed by atoms with Crippen LogP contribution in [0.15, 0.2) is 36.5 Å². The van der Waals surface area contributed by atoms with Gasteiger partial charge in [0, 0.05) is 13.2 Å². The van der Waals surface area contributed by atoms with Crippen molar-refractivity contribution in [2.75, 3.05) is 25.5 Å². The molecule has 1 aromatic heterocycles. The lowest BCUT2D eigenvalue weighted by molar-refractivity contribution is -0.140. The van der Waals surface area contributed by atoms with Gasteiger partial charge in [0.1, 0.15) is 11.4 Å². The third-order valence-electron chi connectivity index (χ3n) is 4.98. The summed E-state index contributed by atoms with van der Waals surface area (Å²) in [6.07, 6.45) is 2.90. The average Bonchev–Trinajstić information content (AvgIpc) is 2.67. The molecule has 0 unspecified atom stereocenters. The third kappa shape index (κ3) is 5.35. The number of carbonyl (C=O) groups excluding carboxylic acids is 1. The summed E-state index contributed by atoms with van der Waals surface area (Å²) in [5, 5.41) is 6.15. The highest BCUT2D eigenvalue weighted by Crippen LogP contribution is 2.27. The SMILES string of the molecule is COC1(C(=O)Nc2ccc(Oc3cccc(C)c3C)nc2)CCNCC1.Cl.Cl. The summed E-state index contributed by atoms with van der Waals surface area (Å²) in [6, 6.07) is 9.45. The molecular weight excluding hydrogens is 401 g/mol. The van der Waals surface area contributed by atoms with Gasteiger partial charge in [0.05, 0.1) is 11.9 Å². The predicted molar refractivity (Wildman–Crippen MR) is 115 cm³/mol. The minimum Gasteiger partial charge on any atom is -0.439 e. The average molecular weight is 428 g/mol. The van der Waals surface area contributed by atoms with Crippen LogP contribution in [0.25, 0.3) is 0 Å². The van der Waals surface area contributed by atoms with E-state index in [2.05, 4.69) is 15.6 Å². The molecule has 0 atom stereocenters. The van der Waals surface area contributed by atoms with Gasteiger partial charge in [-0.15, -0.1) is 24.8 Å². The number of ether oxygens (including phenoxy) is 2. The van der Waals surface area contributed by atoms with Gasteiger partial charge in [-0.05, 0) is 63.0 Å². The summed E-state index contributed by atoms with van der Waals surface area (Å²) in [5.41, 5.74) is 2.09. The first-order valence-electron chi connectivity index (χ1n) is 8.81. The molecule has 2 N–H and O–H groups in total. The number of aromatic nitrogens is 1. The van der Waals surface area contributed by atoms with Gasteiger partial charge in [0.2, 0.25) is 5.88 Å². The fourth-order valence-electron chi connectivity index (χ4n) is 3.06. The van der Waals surface area contributed by atoms with E-state index >= 15 is 0 Å². The van der Waals surface area contributed by atoms with Gasteiger partial charge in [-0.2, -0.15) is 0 Å². The first-order valence-corrected chi connectivity index (χ1v) is 8.81. The number of aryl methyl sites for hydroxylation is 1. The Bertz CT molecular complexity index is 779. The number of hydrogen-bond donors (Lipinski definition) is 2. The van der Waals surface area contributed by atoms with Crippen LogP contribution in [-0.4, -0.2) is 36.7 Å². The number of anilines is 1. The molecule has 1 aromatic carbocycles. The molecule has 1 saturated heterocycles. The first kappa shape index (κ1) is 24.2. The highest BCUT2D eigenvalue weighted by Gasteiger charge is 2.39. The van der Waals surface area contributed by atoms with Gasteiger partial charge in [-0.25, -0.2) is 4.98 Å². The van der Waals surface area contributed by atoms with Crippen molar-refractivity contribution in [1.29, 1.82) is 0 Å². The van der Waals surface area contributed by atoms with Gasteiger partial charge in [-0.1, -0.05) is 12.1 Å². The number of benzene rings is 1.